The van der Waals surface area contributed by atoms with Crippen LogP contribution in [0.25, 0.3) is 0 Å². The minimum Gasteiger partial charge on any atom is -0.508 e. The van der Waals surface area contributed by atoms with Crippen LogP contribution in [0.5, 0.6) is 5.75 Å². The Morgan fingerprint density at radius 2 is 2.10 bits per heavy atom. The van der Waals surface area contributed by atoms with E-state index in [1.54, 1.807) is 24.3 Å². The molecule has 0 amide bonds. The smallest absolute Gasteiger partial charge is 0.278 e. The third-order valence-corrected chi connectivity index (χ3v) is 2.57. The van der Waals surface area contributed by atoms with Crippen molar-refractivity contribution in [3.8, 4) is 18.1 Å². The van der Waals surface area contributed by atoms with Gasteiger partial charge in [0.05, 0.1) is 16.2 Å². The van der Waals surface area contributed by atoms with Gasteiger partial charge in [-0.3, -0.25) is 15.1 Å². The molecule has 2 aromatic carbocycles. The Hall–Kier alpha value is -3.13. The van der Waals surface area contributed by atoms with Gasteiger partial charge in [0, 0.05) is 17.8 Å². The number of phenolic OH excluding ortho intramolecular Hbond substituents is 1. The van der Waals surface area contributed by atoms with Crippen LogP contribution in [0.15, 0.2) is 47.5 Å². The molecule has 0 aliphatic rings. The summed E-state index contributed by atoms with van der Waals surface area (Å²) in [5, 5.41) is 20.3. The fourth-order valence-electron chi connectivity index (χ4n) is 1.63. The average Bonchev–Trinajstić information content (AvgIpc) is 2.45. The van der Waals surface area contributed by atoms with Crippen molar-refractivity contribution in [2.24, 2.45) is 4.99 Å². The van der Waals surface area contributed by atoms with Crippen molar-refractivity contribution in [3.63, 3.8) is 0 Å². The lowest BCUT2D eigenvalue weighted by Crippen LogP contribution is -1.94. The summed E-state index contributed by atoms with van der Waals surface area (Å²) < 4.78 is 0. The minimum atomic E-state index is -0.529. The van der Waals surface area contributed by atoms with E-state index in [0.29, 0.717) is 11.3 Å². The van der Waals surface area contributed by atoms with Crippen LogP contribution in [0, 0.1) is 22.5 Å². The Kier molecular flexibility index (Phi) is 3.77. The van der Waals surface area contributed by atoms with Crippen molar-refractivity contribution in [1.29, 1.82) is 0 Å². The number of phenols is 1. The van der Waals surface area contributed by atoms with Crippen molar-refractivity contribution in [3.05, 3.63) is 63.7 Å². The predicted octanol–water partition coefficient (Wildman–Crippen LogP) is 3.03. The zero-order valence-electron chi connectivity index (χ0n) is 10.4. The normalized spacial score (nSPS) is 10.3. The zero-order valence-corrected chi connectivity index (χ0v) is 10.4. The highest BCUT2D eigenvalue weighted by atomic mass is 16.6. The first-order chi connectivity index (χ1) is 9.60. The van der Waals surface area contributed by atoms with Crippen molar-refractivity contribution in [2.75, 3.05) is 0 Å². The third-order valence-electron chi connectivity index (χ3n) is 2.57. The van der Waals surface area contributed by atoms with E-state index in [9.17, 15) is 15.2 Å². The summed E-state index contributed by atoms with van der Waals surface area (Å²) >= 11 is 0. The maximum Gasteiger partial charge on any atom is 0.278 e. The van der Waals surface area contributed by atoms with Gasteiger partial charge in [-0.2, -0.15) is 0 Å². The maximum atomic E-state index is 10.9. The van der Waals surface area contributed by atoms with E-state index in [1.165, 1.54) is 24.4 Å². The number of aromatic hydroxyl groups is 1. The highest BCUT2D eigenvalue weighted by Crippen LogP contribution is 2.22. The highest BCUT2D eigenvalue weighted by Gasteiger charge is 2.12. The second kappa shape index (κ2) is 5.67. The van der Waals surface area contributed by atoms with Gasteiger partial charge < -0.3 is 5.11 Å². The fourth-order valence-corrected chi connectivity index (χ4v) is 1.63. The molecule has 0 spiro atoms. The molecule has 98 valence electrons. The van der Waals surface area contributed by atoms with E-state index < -0.39 is 4.92 Å². The topological polar surface area (TPSA) is 75.7 Å². The Balaban J connectivity index is 2.38. The van der Waals surface area contributed by atoms with Gasteiger partial charge in [-0.1, -0.05) is 12.0 Å². The number of hydrogen-bond donors (Lipinski definition) is 1. The number of aliphatic imine (C=N–C) groups is 1. The van der Waals surface area contributed by atoms with Gasteiger partial charge in [-0.25, -0.2) is 0 Å². The van der Waals surface area contributed by atoms with Crippen molar-refractivity contribution in [2.45, 2.75) is 0 Å². The summed E-state index contributed by atoms with van der Waals surface area (Å²) in [6.45, 7) is 0. The van der Waals surface area contributed by atoms with Gasteiger partial charge in [0.2, 0.25) is 0 Å². The number of nitro groups is 1. The number of benzene rings is 2. The molecule has 5 nitrogen and oxygen atoms in total. The van der Waals surface area contributed by atoms with E-state index >= 15 is 0 Å². The first kappa shape index (κ1) is 13.3. The van der Waals surface area contributed by atoms with Crippen molar-refractivity contribution < 1.29 is 10.0 Å². The highest BCUT2D eigenvalue weighted by molar-refractivity contribution is 5.87. The molecule has 0 radical (unpaired) electrons. The second-order valence-corrected chi connectivity index (χ2v) is 3.95. The lowest BCUT2D eigenvalue weighted by Gasteiger charge is -1.99. The van der Waals surface area contributed by atoms with Gasteiger partial charge >= 0.3 is 0 Å². The molecule has 2 aromatic rings. The lowest BCUT2D eigenvalue weighted by molar-refractivity contribution is -0.385. The predicted molar refractivity (Wildman–Crippen MR) is 76.4 cm³/mol. The van der Waals surface area contributed by atoms with E-state index in [4.69, 9.17) is 6.42 Å². The number of hydrogen-bond acceptors (Lipinski definition) is 4. The molecule has 20 heavy (non-hydrogen) atoms. The van der Waals surface area contributed by atoms with E-state index in [2.05, 4.69) is 10.9 Å². The molecular formula is C15H10N2O3. The molecule has 0 heterocycles. The molecule has 1 N–H and O–H groups in total. The summed E-state index contributed by atoms with van der Waals surface area (Å²) in [7, 11) is 0. The first-order valence-electron chi connectivity index (χ1n) is 5.68. The number of nitro benzene ring substituents is 1. The summed E-state index contributed by atoms with van der Waals surface area (Å²) in [6, 6.07) is 10.7. The molecule has 0 aromatic heterocycles. The van der Waals surface area contributed by atoms with Gasteiger partial charge in [-0.15, -0.1) is 6.42 Å². The van der Waals surface area contributed by atoms with E-state index in [-0.39, 0.29) is 17.0 Å². The minimum absolute atomic E-state index is 0.0607. The first-order valence-corrected chi connectivity index (χ1v) is 5.68. The van der Waals surface area contributed by atoms with Crippen LogP contribution in [0.2, 0.25) is 0 Å². The fraction of sp³-hybridized carbons (Fsp3) is 0. The molecule has 0 aliphatic heterocycles. The van der Waals surface area contributed by atoms with Crippen LogP contribution in [0.4, 0.5) is 11.4 Å². The monoisotopic (exact) mass is 266 g/mol. The molecule has 0 bridgehead atoms. The van der Waals surface area contributed by atoms with Gasteiger partial charge in [0.1, 0.15) is 5.75 Å². The second-order valence-electron chi connectivity index (χ2n) is 3.95. The molecule has 0 unspecified atom stereocenters. The summed E-state index contributed by atoms with van der Waals surface area (Å²) in [5.74, 6) is 2.42. The Morgan fingerprint density at radius 3 is 2.80 bits per heavy atom. The zero-order chi connectivity index (χ0) is 14.5. The van der Waals surface area contributed by atoms with E-state index in [0.717, 1.165) is 0 Å². The number of terminal acetylenes is 1. The van der Waals surface area contributed by atoms with Crippen LogP contribution >= 0.6 is 0 Å². The third kappa shape index (κ3) is 3.00. The molecule has 0 atom stereocenters. The summed E-state index contributed by atoms with van der Waals surface area (Å²) in [6.07, 6.45) is 6.61. The summed E-state index contributed by atoms with van der Waals surface area (Å²) in [4.78, 5) is 14.5. The Bertz CT molecular complexity index is 730. The van der Waals surface area contributed by atoms with Crippen LogP contribution in [-0.2, 0) is 0 Å². The van der Waals surface area contributed by atoms with Crippen molar-refractivity contribution >= 4 is 17.6 Å². The largest absolute Gasteiger partial charge is 0.508 e. The van der Waals surface area contributed by atoms with Crippen LogP contribution in [-0.4, -0.2) is 16.2 Å². The average molecular weight is 266 g/mol. The summed E-state index contributed by atoms with van der Waals surface area (Å²) in [5.41, 5.74) is 1.35. The van der Waals surface area contributed by atoms with Crippen LogP contribution < -0.4 is 0 Å². The van der Waals surface area contributed by atoms with Gasteiger partial charge in [-0.05, 0) is 30.3 Å². The molecule has 2 rings (SSSR count). The Labute approximate surface area is 115 Å². The van der Waals surface area contributed by atoms with E-state index in [1.807, 2.05) is 0 Å². The molecule has 0 fully saturated rings. The van der Waals surface area contributed by atoms with Crippen LogP contribution in [0.1, 0.15) is 11.1 Å². The molecular weight excluding hydrogens is 256 g/mol. The molecule has 5 heteroatoms. The quantitative estimate of drug-likeness (QED) is 0.401. The standard InChI is InChI=1S/C15H10N2O3/c1-2-11-4-3-5-13(8-11)16-10-12-9-14(18)6-7-15(12)17(19)20/h1,3-10,18H/b16-10+. The molecule has 0 saturated carbocycles. The molecule has 0 aliphatic carbocycles. The number of rotatable bonds is 3. The van der Waals surface area contributed by atoms with Gasteiger partial charge in [0.15, 0.2) is 0 Å². The van der Waals surface area contributed by atoms with Crippen molar-refractivity contribution in [1.82, 2.24) is 0 Å². The van der Waals surface area contributed by atoms with Gasteiger partial charge in [0.25, 0.3) is 5.69 Å². The maximum absolute atomic E-state index is 10.9. The SMILES string of the molecule is C#Cc1cccc(/N=C/c2cc(O)ccc2[N+](=O)[O-])c1. The number of nitrogens with zero attached hydrogens (tertiary/aromatic N) is 2. The van der Waals surface area contributed by atoms with Crippen LogP contribution in [0.3, 0.4) is 0 Å². The lowest BCUT2D eigenvalue weighted by atomic mass is 10.2. The Morgan fingerprint density at radius 1 is 1.30 bits per heavy atom. The molecule has 0 saturated heterocycles.